The molecule has 1 aromatic rings. The molecule has 0 aliphatic carbocycles. The van der Waals surface area contributed by atoms with Gasteiger partial charge in [0.05, 0.1) is 13.2 Å². The number of likely N-dealkylation sites (tertiary alicyclic amines) is 1. The van der Waals surface area contributed by atoms with Crippen molar-refractivity contribution in [3.63, 3.8) is 0 Å². The minimum atomic E-state index is 0. The number of nitrogens with zero attached hydrogens (tertiary/aromatic N) is 1. The molecule has 0 aromatic heterocycles. The van der Waals surface area contributed by atoms with E-state index in [2.05, 4.69) is 17.0 Å². The molecule has 0 saturated carbocycles. The van der Waals surface area contributed by atoms with Crippen molar-refractivity contribution in [2.24, 2.45) is 5.92 Å². The molecule has 0 amide bonds. The van der Waals surface area contributed by atoms with Gasteiger partial charge in [-0.1, -0.05) is 30.2 Å². The molecule has 5 heteroatoms. The molecule has 21 heavy (non-hydrogen) atoms. The summed E-state index contributed by atoms with van der Waals surface area (Å²) < 4.78 is 11.0. The lowest BCUT2D eigenvalue weighted by molar-refractivity contribution is -0.143. The molecule has 2 heterocycles. The molecule has 2 aliphatic rings. The van der Waals surface area contributed by atoms with E-state index in [-0.39, 0.29) is 12.4 Å². The van der Waals surface area contributed by atoms with E-state index in [0.29, 0.717) is 18.8 Å². The van der Waals surface area contributed by atoms with Crippen LogP contribution in [0.15, 0.2) is 24.3 Å². The Balaban J connectivity index is 0.00000161. The van der Waals surface area contributed by atoms with Gasteiger partial charge in [0, 0.05) is 17.0 Å². The van der Waals surface area contributed by atoms with E-state index in [0.717, 1.165) is 18.2 Å². The first kappa shape index (κ1) is 17.0. The maximum absolute atomic E-state index is 6.02. The van der Waals surface area contributed by atoms with Crippen LogP contribution in [-0.4, -0.2) is 38.0 Å². The van der Waals surface area contributed by atoms with Crippen LogP contribution in [0.3, 0.4) is 0 Å². The molecule has 2 aliphatic heterocycles. The monoisotopic (exact) mass is 331 g/mol. The first-order chi connectivity index (χ1) is 9.84. The maximum Gasteiger partial charge on any atom is 0.146 e. The molecule has 118 valence electrons. The van der Waals surface area contributed by atoms with Gasteiger partial charge >= 0.3 is 0 Å². The third-order valence-electron chi connectivity index (χ3n) is 4.27. The third kappa shape index (κ3) is 4.33. The van der Waals surface area contributed by atoms with Crippen molar-refractivity contribution in [3.8, 4) is 0 Å². The van der Waals surface area contributed by atoms with E-state index in [4.69, 9.17) is 21.1 Å². The Kier molecular flexibility index (Phi) is 6.77. The highest BCUT2D eigenvalue weighted by Gasteiger charge is 2.31. The van der Waals surface area contributed by atoms with Crippen LogP contribution in [0.25, 0.3) is 0 Å². The number of halogens is 2. The number of rotatable bonds is 3. The smallest absolute Gasteiger partial charge is 0.146 e. The van der Waals surface area contributed by atoms with E-state index in [1.807, 2.05) is 12.1 Å². The fourth-order valence-corrected chi connectivity index (χ4v) is 3.45. The summed E-state index contributed by atoms with van der Waals surface area (Å²) in [7, 11) is 0. The molecular weight excluding hydrogens is 309 g/mol. The van der Waals surface area contributed by atoms with Crippen molar-refractivity contribution >= 4 is 24.0 Å². The van der Waals surface area contributed by atoms with Crippen LogP contribution in [0.2, 0.25) is 5.02 Å². The van der Waals surface area contributed by atoms with Crippen molar-refractivity contribution < 1.29 is 9.47 Å². The molecule has 0 radical (unpaired) electrons. The zero-order chi connectivity index (χ0) is 13.8. The van der Waals surface area contributed by atoms with Gasteiger partial charge in [0.1, 0.15) is 6.79 Å². The average Bonchev–Trinajstić information content (AvgIpc) is 2.52. The van der Waals surface area contributed by atoms with Crippen LogP contribution in [0.1, 0.15) is 30.9 Å². The van der Waals surface area contributed by atoms with Gasteiger partial charge in [0.15, 0.2) is 0 Å². The van der Waals surface area contributed by atoms with Gasteiger partial charge in [0.2, 0.25) is 0 Å². The van der Waals surface area contributed by atoms with Gasteiger partial charge in [0.25, 0.3) is 0 Å². The van der Waals surface area contributed by atoms with Gasteiger partial charge < -0.3 is 9.47 Å². The van der Waals surface area contributed by atoms with E-state index < -0.39 is 0 Å². The summed E-state index contributed by atoms with van der Waals surface area (Å²) in [4.78, 5) is 2.59. The second kappa shape index (κ2) is 8.35. The van der Waals surface area contributed by atoms with Crippen molar-refractivity contribution in [2.45, 2.75) is 25.3 Å². The van der Waals surface area contributed by atoms with Gasteiger partial charge in [-0.15, -0.1) is 12.4 Å². The molecule has 0 spiro atoms. The van der Waals surface area contributed by atoms with Crippen LogP contribution < -0.4 is 0 Å². The Hall–Kier alpha value is -0.320. The highest BCUT2D eigenvalue weighted by molar-refractivity contribution is 6.30. The predicted molar refractivity (Wildman–Crippen MR) is 87.1 cm³/mol. The summed E-state index contributed by atoms with van der Waals surface area (Å²) in [5.74, 6) is 0.406. The maximum atomic E-state index is 6.02. The molecule has 0 N–H and O–H groups in total. The van der Waals surface area contributed by atoms with Crippen molar-refractivity contribution in [1.82, 2.24) is 4.90 Å². The van der Waals surface area contributed by atoms with Crippen molar-refractivity contribution in [2.75, 3.05) is 33.1 Å². The molecular formula is C16H23Cl2NO2. The van der Waals surface area contributed by atoms with Crippen molar-refractivity contribution in [1.29, 1.82) is 0 Å². The molecule has 1 unspecified atom stereocenters. The zero-order valence-electron chi connectivity index (χ0n) is 12.2. The van der Waals surface area contributed by atoms with E-state index in [1.165, 1.54) is 37.9 Å². The zero-order valence-corrected chi connectivity index (χ0v) is 13.7. The molecule has 2 saturated heterocycles. The second-order valence-electron chi connectivity index (χ2n) is 5.71. The van der Waals surface area contributed by atoms with E-state index >= 15 is 0 Å². The summed E-state index contributed by atoms with van der Waals surface area (Å²) in [6, 6.07) is 8.65. The SMILES string of the molecule is Cl.Clc1ccc(C(C2COCOC2)N2CCCCC2)cc1. The highest BCUT2D eigenvalue weighted by atomic mass is 35.5. The number of hydrogen-bond donors (Lipinski definition) is 0. The average molecular weight is 332 g/mol. The van der Waals surface area contributed by atoms with Crippen LogP contribution in [0, 0.1) is 5.92 Å². The summed E-state index contributed by atoms with van der Waals surface area (Å²) >= 11 is 6.02. The Morgan fingerprint density at radius 1 is 1.00 bits per heavy atom. The Morgan fingerprint density at radius 3 is 2.24 bits per heavy atom. The largest absolute Gasteiger partial charge is 0.355 e. The molecule has 1 atom stereocenters. The topological polar surface area (TPSA) is 21.7 Å². The second-order valence-corrected chi connectivity index (χ2v) is 6.15. The lowest BCUT2D eigenvalue weighted by atomic mass is 9.90. The fourth-order valence-electron chi connectivity index (χ4n) is 3.33. The van der Waals surface area contributed by atoms with Crippen LogP contribution in [-0.2, 0) is 9.47 Å². The van der Waals surface area contributed by atoms with E-state index in [9.17, 15) is 0 Å². The molecule has 2 fully saturated rings. The predicted octanol–water partition coefficient (Wildman–Crippen LogP) is 3.91. The van der Waals surface area contributed by atoms with Crippen LogP contribution in [0.5, 0.6) is 0 Å². The molecule has 3 nitrogen and oxygen atoms in total. The standard InChI is InChI=1S/C16H22ClNO2.ClH/c17-15-6-4-13(5-7-15)16(14-10-19-12-20-11-14)18-8-2-1-3-9-18;/h4-7,14,16H,1-3,8-12H2;1H. The van der Waals surface area contributed by atoms with Gasteiger partial charge in [-0.3, -0.25) is 4.90 Å². The number of hydrogen-bond acceptors (Lipinski definition) is 3. The first-order valence-electron chi connectivity index (χ1n) is 7.49. The summed E-state index contributed by atoms with van der Waals surface area (Å²) in [5, 5.41) is 0.794. The number of piperidine rings is 1. The lowest BCUT2D eigenvalue weighted by Gasteiger charge is -2.40. The summed E-state index contributed by atoms with van der Waals surface area (Å²) in [5.41, 5.74) is 1.33. The minimum absolute atomic E-state index is 0. The fraction of sp³-hybridized carbons (Fsp3) is 0.625. The lowest BCUT2D eigenvalue weighted by Crippen LogP contribution is -2.42. The quantitative estimate of drug-likeness (QED) is 0.838. The van der Waals surface area contributed by atoms with Gasteiger partial charge in [-0.2, -0.15) is 0 Å². The van der Waals surface area contributed by atoms with Crippen LogP contribution >= 0.6 is 24.0 Å². The number of benzene rings is 1. The van der Waals surface area contributed by atoms with Gasteiger partial charge in [-0.25, -0.2) is 0 Å². The number of ether oxygens (including phenoxy) is 2. The van der Waals surface area contributed by atoms with E-state index in [1.54, 1.807) is 0 Å². The Labute approximate surface area is 138 Å². The third-order valence-corrected chi connectivity index (χ3v) is 4.52. The molecule has 3 rings (SSSR count). The highest BCUT2D eigenvalue weighted by Crippen LogP contribution is 2.33. The molecule has 0 bridgehead atoms. The summed E-state index contributed by atoms with van der Waals surface area (Å²) in [6.45, 7) is 4.34. The normalized spacial score (nSPS) is 22.5. The van der Waals surface area contributed by atoms with Crippen LogP contribution in [0.4, 0.5) is 0 Å². The first-order valence-corrected chi connectivity index (χ1v) is 7.87. The van der Waals surface area contributed by atoms with Crippen molar-refractivity contribution in [3.05, 3.63) is 34.9 Å². The summed E-state index contributed by atoms with van der Waals surface area (Å²) in [6.07, 6.45) is 3.93. The Morgan fingerprint density at radius 2 is 1.62 bits per heavy atom. The Bertz CT molecular complexity index is 397. The van der Waals surface area contributed by atoms with Gasteiger partial charge in [-0.05, 0) is 43.6 Å². The molecule has 1 aromatic carbocycles. The minimum Gasteiger partial charge on any atom is -0.355 e.